The molecule has 21 heavy (non-hydrogen) atoms. The maximum absolute atomic E-state index is 13.9. The van der Waals surface area contributed by atoms with Gasteiger partial charge in [0.2, 0.25) is 0 Å². The number of rotatable bonds is 7. The Hall–Kier alpha value is -0.360. The highest BCUT2D eigenvalue weighted by Gasteiger charge is 2.17. The van der Waals surface area contributed by atoms with Crippen LogP contribution in [0, 0.1) is 9.39 Å². The average Bonchev–Trinajstić information content (AvgIpc) is 2.77. The van der Waals surface area contributed by atoms with Crippen molar-refractivity contribution in [3.8, 4) is 0 Å². The number of hydrogen-bond acceptors (Lipinski definition) is 1. The molecular formula is C16H21ClFIN2. The number of hydrogen-bond donors (Lipinski definition) is 0. The van der Waals surface area contributed by atoms with Crippen molar-refractivity contribution < 1.29 is 4.39 Å². The topological polar surface area (TPSA) is 17.8 Å². The summed E-state index contributed by atoms with van der Waals surface area (Å²) in [6, 6.07) is 3.75. The number of aromatic nitrogens is 2. The first-order valence-electron chi connectivity index (χ1n) is 7.50. The van der Waals surface area contributed by atoms with Crippen molar-refractivity contribution in [2.75, 3.05) is 5.88 Å². The van der Waals surface area contributed by atoms with Gasteiger partial charge in [-0.3, -0.25) is 0 Å². The van der Waals surface area contributed by atoms with Gasteiger partial charge < -0.3 is 4.57 Å². The van der Waals surface area contributed by atoms with Gasteiger partial charge in [-0.25, -0.2) is 9.37 Å². The SMILES string of the molecule is CCCCCC(C)n1c(CCCl)nc2cc(I)c(F)cc21. The smallest absolute Gasteiger partial charge is 0.138 e. The standard InChI is InChI=1S/C16H21ClFIN2/c1-3-4-5-6-11(2)21-15-9-12(18)13(19)10-14(15)20-16(21)7-8-17/h9-11H,3-8H2,1-2H3. The van der Waals surface area contributed by atoms with Crippen LogP contribution in [0.4, 0.5) is 4.39 Å². The van der Waals surface area contributed by atoms with Crippen molar-refractivity contribution >= 4 is 45.2 Å². The van der Waals surface area contributed by atoms with Gasteiger partial charge in [-0.1, -0.05) is 26.2 Å². The third kappa shape index (κ3) is 3.89. The van der Waals surface area contributed by atoms with Gasteiger partial charge >= 0.3 is 0 Å². The fraction of sp³-hybridized carbons (Fsp3) is 0.562. The third-order valence-corrected chi connectivity index (χ3v) is 4.80. The maximum Gasteiger partial charge on any atom is 0.138 e. The number of unbranched alkanes of at least 4 members (excludes halogenated alkanes) is 2. The van der Waals surface area contributed by atoms with Crippen molar-refractivity contribution in [2.45, 2.75) is 52.0 Å². The second-order valence-corrected chi connectivity index (χ2v) is 6.98. The fourth-order valence-electron chi connectivity index (χ4n) is 2.71. The third-order valence-electron chi connectivity index (χ3n) is 3.79. The summed E-state index contributed by atoms with van der Waals surface area (Å²) in [6.45, 7) is 4.39. The van der Waals surface area contributed by atoms with Crippen molar-refractivity contribution in [1.82, 2.24) is 9.55 Å². The highest BCUT2D eigenvalue weighted by molar-refractivity contribution is 14.1. The Morgan fingerprint density at radius 1 is 1.38 bits per heavy atom. The molecule has 1 aromatic carbocycles. The molecule has 0 bridgehead atoms. The van der Waals surface area contributed by atoms with Crippen molar-refractivity contribution in [2.24, 2.45) is 0 Å². The monoisotopic (exact) mass is 422 g/mol. The molecule has 2 nitrogen and oxygen atoms in total. The number of alkyl halides is 1. The zero-order valence-corrected chi connectivity index (χ0v) is 15.4. The molecular weight excluding hydrogens is 402 g/mol. The van der Waals surface area contributed by atoms with Crippen LogP contribution < -0.4 is 0 Å². The molecule has 1 unspecified atom stereocenters. The lowest BCUT2D eigenvalue weighted by atomic mass is 10.1. The summed E-state index contributed by atoms with van der Waals surface area (Å²) in [5.74, 6) is 1.32. The fourth-order valence-corrected chi connectivity index (χ4v) is 3.33. The molecule has 0 saturated heterocycles. The Morgan fingerprint density at radius 2 is 2.14 bits per heavy atom. The lowest BCUT2D eigenvalue weighted by Gasteiger charge is -2.17. The lowest BCUT2D eigenvalue weighted by Crippen LogP contribution is -2.10. The summed E-state index contributed by atoms with van der Waals surface area (Å²) in [5, 5.41) is 0. The molecule has 2 aromatic rings. The second-order valence-electron chi connectivity index (χ2n) is 5.44. The van der Waals surface area contributed by atoms with Gasteiger partial charge in [0, 0.05) is 24.4 Å². The van der Waals surface area contributed by atoms with Gasteiger partial charge in [-0.05, 0) is 42.0 Å². The quantitative estimate of drug-likeness (QED) is 0.318. The van der Waals surface area contributed by atoms with Gasteiger partial charge in [0.15, 0.2) is 0 Å². The number of benzene rings is 1. The van der Waals surface area contributed by atoms with Crippen LogP contribution in [-0.4, -0.2) is 15.4 Å². The molecule has 0 N–H and O–H groups in total. The van der Waals surface area contributed by atoms with E-state index >= 15 is 0 Å². The minimum atomic E-state index is -0.178. The van der Waals surface area contributed by atoms with E-state index < -0.39 is 0 Å². The van der Waals surface area contributed by atoms with E-state index in [4.69, 9.17) is 11.6 Å². The Kier molecular flexibility index (Phi) is 6.29. The van der Waals surface area contributed by atoms with Crippen molar-refractivity contribution in [3.63, 3.8) is 0 Å². The van der Waals surface area contributed by atoms with Crippen molar-refractivity contribution in [1.29, 1.82) is 0 Å². The molecule has 0 spiro atoms. The van der Waals surface area contributed by atoms with Crippen molar-refractivity contribution in [3.05, 3.63) is 27.3 Å². The number of aryl methyl sites for hydroxylation is 1. The van der Waals surface area contributed by atoms with E-state index in [1.165, 1.54) is 19.3 Å². The van der Waals surface area contributed by atoms with E-state index in [9.17, 15) is 4.39 Å². The molecule has 0 saturated carbocycles. The average molecular weight is 423 g/mol. The van der Waals surface area contributed by atoms with Crippen LogP contribution in [0.1, 0.15) is 51.4 Å². The first-order chi connectivity index (χ1) is 10.1. The highest BCUT2D eigenvalue weighted by atomic mass is 127. The van der Waals surface area contributed by atoms with Gasteiger partial charge in [-0.2, -0.15) is 0 Å². The van der Waals surface area contributed by atoms with E-state index in [-0.39, 0.29) is 5.82 Å². The van der Waals surface area contributed by atoms with E-state index in [2.05, 4.69) is 23.4 Å². The maximum atomic E-state index is 13.9. The van der Waals surface area contributed by atoms with Crippen LogP contribution in [0.3, 0.4) is 0 Å². The molecule has 5 heteroatoms. The van der Waals surface area contributed by atoms with Crippen LogP contribution in [0.5, 0.6) is 0 Å². The van der Waals surface area contributed by atoms with Crippen LogP contribution in [0.2, 0.25) is 0 Å². The predicted molar refractivity (Wildman–Crippen MR) is 95.7 cm³/mol. The number of fused-ring (bicyclic) bond motifs is 1. The summed E-state index contributed by atoms with van der Waals surface area (Å²) >= 11 is 7.91. The Morgan fingerprint density at radius 3 is 2.81 bits per heavy atom. The van der Waals surface area contributed by atoms with E-state index in [0.29, 0.717) is 21.9 Å². The summed E-state index contributed by atoms with van der Waals surface area (Å²) in [4.78, 5) is 4.66. The highest BCUT2D eigenvalue weighted by Crippen LogP contribution is 2.27. The van der Waals surface area contributed by atoms with E-state index in [0.717, 1.165) is 23.3 Å². The number of imidazole rings is 1. The largest absolute Gasteiger partial charge is 0.325 e. The molecule has 116 valence electrons. The predicted octanol–water partition coefficient (Wildman–Crippen LogP) is 5.70. The zero-order chi connectivity index (χ0) is 15.4. The molecule has 0 aliphatic carbocycles. The van der Waals surface area contributed by atoms with Crippen LogP contribution in [0.15, 0.2) is 12.1 Å². The minimum absolute atomic E-state index is 0.178. The van der Waals surface area contributed by atoms with Gasteiger partial charge in [0.05, 0.1) is 14.6 Å². The van der Waals surface area contributed by atoms with Crippen LogP contribution in [-0.2, 0) is 6.42 Å². The molecule has 0 aliphatic rings. The summed E-state index contributed by atoms with van der Waals surface area (Å²) in [7, 11) is 0. The lowest BCUT2D eigenvalue weighted by molar-refractivity contribution is 0.473. The molecule has 0 aliphatic heterocycles. The van der Waals surface area contributed by atoms with Gasteiger partial charge in [0.1, 0.15) is 11.6 Å². The van der Waals surface area contributed by atoms with E-state index in [1.54, 1.807) is 6.07 Å². The van der Waals surface area contributed by atoms with E-state index in [1.807, 2.05) is 28.7 Å². The zero-order valence-electron chi connectivity index (χ0n) is 12.5. The summed E-state index contributed by atoms with van der Waals surface area (Å²) < 4.78 is 16.7. The first-order valence-corrected chi connectivity index (χ1v) is 9.11. The minimum Gasteiger partial charge on any atom is -0.325 e. The van der Waals surface area contributed by atoms with Crippen LogP contribution >= 0.6 is 34.2 Å². The Labute approximate surface area is 144 Å². The molecule has 0 amide bonds. The number of halogens is 3. The summed E-state index contributed by atoms with van der Waals surface area (Å²) in [5.41, 5.74) is 1.75. The van der Waals surface area contributed by atoms with Crippen LogP contribution in [0.25, 0.3) is 11.0 Å². The van der Waals surface area contributed by atoms with Gasteiger partial charge in [0.25, 0.3) is 0 Å². The molecule has 1 atom stereocenters. The number of nitrogens with zero attached hydrogens (tertiary/aromatic N) is 2. The molecule has 2 rings (SSSR count). The second kappa shape index (κ2) is 7.77. The molecule has 1 heterocycles. The molecule has 0 fully saturated rings. The molecule has 1 aromatic heterocycles. The summed E-state index contributed by atoms with van der Waals surface area (Å²) in [6.07, 6.45) is 5.42. The Bertz CT molecular complexity index is 612. The molecule has 0 radical (unpaired) electrons. The van der Waals surface area contributed by atoms with Gasteiger partial charge in [-0.15, -0.1) is 11.6 Å². The normalized spacial score (nSPS) is 13.0. The first kappa shape index (κ1) is 17.0. The Balaban J connectivity index is 2.42.